The molecule has 1 aliphatic heterocycles. The molecule has 100 valence electrons. The van der Waals surface area contributed by atoms with E-state index in [0.29, 0.717) is 6.04 Å². The SMILES string of the molecule is Cc1ccc(CN2CC(C)NCc3ccccc32)o1. The Labute approximate surface area is 114 Å². The van der Waals surface area contributed by atoms with E-state index in [1.165, 1.54) is 11.3 Å². The summed E-state index contributed by atoms with van der Waals surface area (Å²) < 4.78 is 5.72. The highest BCUT2D eigenvalue weighted by molar-refractivity contribution is 5.54. The average Bonchev–Trinajstić information content (AvgIpc) is 2.74. The van der Waals surface area contributed by atoms with Crippen molar-refractivity contribution in [3.8, 4) is 0 Å². The number of benzene rings is 1. The highest BCUT2D eigenvalue weighted by Crippen LogP contribution is 2.25. The lowest BCUT2D eigenvalue weighted by Gasteiger charge is -2.25. The minimum atomic E-state index is 0.475. The molecule has 1 aromatic carbocycles. The number of para-hydroxylation sites is 1. The molecule has 0 amide bonds. The highest BCUT2D eigenvalue weighted by Gasteiger charge is 2.19. The van der Waals surface area contributed by atoms with Gasteiger partial charge in [0, 0.05) is 24.8 Å². The largest absolute Gasteiger partial charge is 0.464 e. The number of hydrogen-bond acceptors (Lipinski definition) is 3. The molecule has 0 saturated heterocycles. The van der Waals surface area contributed by atoms with Crippen molar-refractivity contribution in [1.29, 1.82) is 0 Å². The quantitative estimate of drug-likeness (QED) is 0.895. The maximum Gasteiger partial charge on any atom is 0.123 e. The van der Waals surface area contributed by atoms with Crippen LogP contribution in [0.25, 0.3) is 0 Å². The summed E-state index contributed by atoms with van der Waals surface area (Å²) in [5.74, 6) is 2.01. The molecule has 1 N–H and O–H groups in total. The molecule has 1 atom stereocenters. The number of furan rings is 1. The summed E-state index contributed by atoms with van der Waals surface area (Å²) in [7, 11) is 0. The summed E-state index contributed by atoms with van der Waals surface area (Å²) in [5, 5.41) is 3.55. The zero-order valence-electron chi connectivity index (χ0n) is 11.5. The predicted octanol–water partition coefficient (Wildman–Crippen LogP) is 3.09. The third-order valence-corrected chi connectivity index (χ3v) is 3.61. The van der Waals surface area contributed by atoms with E-state index in [-0.39, 0.29) is 0 Å². The third kappa shape index (κ3) is 2.66. The zero-order chi connectivity index (χ0) is 13.2. The van der Waals surface area contributed by atoms with Crippen molar-refractivity contribution in [3.63, 3.8) is 0 Å². The molecule has 1 aliphatic rings. The second kappa shape index (κ2) is 5.10. The molecule has 19 heavy (non-hydrogen) atoms. The fourth-order valence-electron chi connectivity index (χ4n) is 2.65. The van der Waals surface area contributed by atoms with E-state index in [0.717, 1.165) is 31.2 Å². The molecule has 3 nitrogen and oxygen atoms in total. The molecule has 3 rings (SSSR count). The van der Waals surface area contributed by atoms with Gasteiger partial charge < -0.3 is 14.6 Å². The van der Waals surface area contributed by atoms with Crippen LogP contribution in [0.4, 0.5) is 5.69 Å². The summed E-state index contributed by atoms with van der Waals surface area (Å²) in [5.41, 5.74) is 2.67. The fourth-order valence-corrected chi connectivity index (χ4v) is 2.65. The van der Waals surface area contributed by atoms with Gasteiger partial charge in [0.25, 0.3) is 0 Å². The van der Waals surface area contributed by atoms with E-state index in [9.17, 15) is 0 Å². The molecule has 0 radical (unpaired) electrons. The molecule has 1 unspecified atom stereocenters. The van der Waals surface area contributed by atoms with Gasteiger partial charge in [-0.25, -0.2) is 0 Å². The van der Waals surface area contributed by atoms with Gasteiger partial charge in [0.1, 0.15) is 11.5 Å². The van der Waals surface area contributed by atoms with Crippen molar-refractivity contribution < 1.29 is 4.42 Å². The van der Waals surface area contributed by atoms with Gasteiger partial charge in [-0.1, -0.05) is 18.2 Å². The number of rotatable bonds is 2. The zero-order valence-corrected chi connectivity index (χ0v) is 11.5. The smallest absolute Gasteiger partial charge is 0.123 e. The minimum absolute atomic E-state index is 0.475. The van der Waals surface area contributed by atoms with Crippen LogP contribution < -0.4 is 10.2 Å². The second-order valence-corrected chi connectivity index (χ2v) is 5.30. The predicted molar refractivity (Wildman–Crippen MR) is 77.2 cm³/mol. The van der Waals surface area contributed by atoms with Crippen LogP contribution >= 0.6 is 0 Å². The van der Waals surface area contributed by atoms with E-state index in [1.807, 2.05) is 13.0 Å². The molecule has 1 aromatic heterocycles. The second-order valence-electron chi connectivity index (χ2n) is 5.30. The lowest BCUT2D eigenvalue weighted by Crippen LogP contribution is -2.35. The Kier molecular flexibility index (Phi) is 3.30. The Balaban J connectivity index is 1.89. The van der Waals surface area contributed by atoms with Crippen LogP contribution in [0.3, 0.4) is 0 Å². The normalized spacial score (nSPS) is 19.1. The molecule has 2 aromatic rings. The topological polar surface area (TPSA) is 28.4 Å². The molecular weight excluding hydrogens is 236 g/mol. The van der Waals surface area contributed by atoms with Gasteiger partial charge in [-0.2, -0.15) is 0 Å². The first-order chi connectivity index (χ1) is 9.22. The van der Waals surface area contributed by atoms with Crippen molar-refractivity contribution in [1.82, 2.24) is 5.32 Å². The van der Waals surface area contributed by atoms with Crippen LogP contribution in [-0.4, -0.2) is 12.6 Å². The van der Waals surface area contributed by atoms with E-state index >= 15 is 0 Å². The molecule has 0 fully saturated rings. The summed E-state index contributed by atoms with van der Waals surface area (Å²) in [4.78, 5) is 2.40. The Morgan fingerprint density at radius 2 is 2.11 bits per heavy atom. The number of aryl methyl sites for hydroxylation is 1. The molecule has 2 heterocycles. The van der Waals surface area contributed by atoms with Crippen molar-refractivity contribution >= 4 is 5.69 Å². The van der Waals surface area contributed by atoms with Crippen LogP contribution in [0.15, 0.2) is 40.8 Å². The Hall–Kier alpha value is -1.74. The van der Waals surface area contributed by atoms with E-state index in [1.54, 1.807) is 0 Å². The molecular formula is C16H20N2O. The Bertz CT molecular complexity index is 561. The van der Waals surface area contributed by atoms with Crippen LogP contribution in [0.1, 0.15) is 24.0 Å². The molecule has 0 saturated carbocycles. The average molecular weight is 256 g/mol. The maximum atomic E-state index is 5.72. The fraction of sp³-hybridized carbons (Fsp3) is 0.375. The van der Waals surface area contributed by atoms with E-state index < -0.39 is 0 Å². The summed E-state index contributed by atoms with van der Waals surface area (Å²) >= 11 is 0. The van der Waals surface area contributed by atoms with Crippen molar-refractivity contribution in [2.75, 3.05) is 11.4 Å². The monoisotopic (exact) mass is 256 g/mol. The first kappa shape index (κ1) is 12.3. The van der Waals surface area contributed by atoms with Crippen molar-refractivity contribution in [2.24, 2.45) is 0 Å². The molecule has 3 heteroatoms. The molecule has 0 aliphatic carbocycles. The summed E-state index contributed by atoms with van der Waals surface area (Å²) in [6, 6.07) is 13.2. The number of fused-ring (bicyclic) bond motifs is 1. The first-order valence-electron chi connectivity index (χ1n) is 6.84. The Morgan fingerprint density at radius 1 is 1.26 bits per heavy atom. The third-order valence-electron chi connectivity index (χ3n) is 3.61. The maximum absolute atomic E-state index is 5.72. The standard InChI is InChI=1S/C16H20N2O/c1-12-10-18(11-15-8-7-13(2)19-15)16-6-4-3-5-14(16)9-17-12/h3-8,12,17H,9-11H2,1-2H3. The highest BCUT2D eigenvalue weighted by atomic mass is 16.3. The summed E-state index contributed by atoms with van der Waals surface area (Å²) in [6.45, 7) is 6.98. The summed E-state index contributed by atoms with van der Waals surface area (Å²) in [6.07, 6.45) is 0. The van der Waals surface area contributed by atoms with Gasteiger partial charge in [0.2, 0.25) is 0 Å². The van der Waals surface area contributed by atoms with Crippen LogP contribution in [-0.2, 0) is 13.1 Å². The van der Waals surface area contributed by atoms with E-state index in [4.69, 9.17) is 4.42 Å². The lowest BCUT2D eigenvalue weighted by molar-refractivity contribution is 0.470. The number of nitrogens with one attached hydrogen (secondary N) is 1. The van der Waals surface area contributed by atoms with Crippen LogP contribution in [0.5, 0.6) is 0 Å². The van der Waals surface area contributed by atoms with Crippen molar-refractivity contribution in [2.45, 2.75) is 33.0 Å². The molecule has 0 bridgehead atoms. The Morgan fingerprint density at radius 3 is 2.89 bits per heavy atom. The number of nitrogens with zero attached hydrogens (tertiary/aromatic N) is 1. The van der Waals surface area contributed by atoms with Crippen LogP contribution in [0, 0.1) is 6.92 Å². The number of anilines is 1. The van der Waals surface area contributed by atoms with Gasteiger partial charge >= 0.3 is 0 Å². The first-order valence-corrected chi connectivity index (χ1v) is 6.84. The van der Waals surface area contributed by atoms with E-state index in [2.05, 4.69) is 47.5 Å². The molecule has 0 spiro atoms. The lowest BCUT2D eigenvalue weighted by atomic mass is 10.1. The van der Waals surface area contributed by atoms with Crippen LogP contribution in [0.2, 0.25) is 0 Å². The van der Waals surface area contributed by atoms with Gasteiger partial charge in [-0.15, -0.1) is 0 Å². The van der Waals surface area contributed by atoms with Crippen molar-refractivity contribution in [3.05, 3.63) is 53.5 Å². The minimum Gasteiger partial charge on any atom is -0.464 e. The number of hydrogen-bond donors (Lipinski definition) is 1. The van der Waals surface area contributed by atoms with Gasteiger partial charge in [0.15, 0.2) is 0 Å². The van der Waals surface area contributed by atoms with Gasteiger partial charge in [-0.05, 0) is 37.6 Å². The van der Waals surface area contributed by atoms with Gasteiger partial charge in [-0.3, -0.25) is 0 Å². The van der Waals surface area contributed by atoms with Gasteiger partial charge in [0.05, 0.1) is 6.54 Å².